The molecule has 0 amide bonds. The van der Waals surface area contributed by atoms with Gasteiger partial charge in [-0.3, -0.25) is 0 Å². The van der Waals surface area contributed by atoms with Crippen LogP contribution in [0.25, 0.3) is 0 Å². The Morgan fingerprint density at radius 3 is 0.554 bits per heavy atom. The molecular weight excluding hydrogens is 832 g/mol. The summed E-state index contributed by atoms with van der Waals surface area (Å²) >= 11 is 0. The number of hydrogen-bond acceptors (Lipinski definition) is 8. The number of esters is 4. The van der Waals surface area contributed by atoms with Gasteiger partial charge in [0.05, 0.1) is 0 Å². The smallest absolute Gasteiger partial charge is 0.247 e. The fourth-order valence-corrected chi connectivity index (χ4v) is 14.1. The SMILES string of the molecule is C=C(C)C(=O)OCCCCCCCCCC[PH](CCCCCCCCCCOC(=O)C(=C)C)(CCCCCCCCCCOC(=O)C(=C)C)CCCCCCCCCCOC(=O)C(=C)C. The van der Waals surface area contributed by atoms with Crippen LogP contribution in [0.15, 0.2) is 48.6 Å². The van der Waals surface area contributed by atoms with Gasteiger partial charge in [-0.05, 0) is 27.7 Å². The third-order valence-corrected chi connectivity index (χ3v) is 18.4. The number of hydrogen-bond donors (Lipinski definition) is 0. The summed E-state index contributed by atoms with van der Waals surface area (Å²) < 4.78 is 21.0. The average molecular weight is 933 g/mol. The van der Waals surface area contributed by atoms with Crippen LogP contribution >= 0.6 is 7.26 Å². The number of unbranched alkanes of at least 4 members (excludes halogenated alkanes) is 28. The average Bonchev–Trinajstić information content (AvgIpc) is 3.27. The molecule has 0 atom stereocenters. The topological polar surface area (TPSA) is 105 Å². The summed E-state index contributed by atoms with van der Waals surface area (Å²) in [6.07, 6.45) is 45.7. The van der Waals surface area contributed by atoms with Gasteiger partial charge in [-0.25, -0.2) is 19.2 Å². The molecule has 0 radical (unpaired) electrons. The summed E-state index contributed by atoms with van der Waals surface area (Å²) in [7, 11) is -1.42. The van der Waals surface area contributed by atoms with Crippen LogP contribution in [-0.2, 0) is 38.1 Å². The van der Waals surface area contributed by atoms with Crippen molar-refractivity contribution in [2.24, 2.45) is 0 Å². The van der Waals surface area contributed by atoms with E-state index >= 15 is 0 Å². The van der Waals surface area contributed by atoms with Crippen molar-refractivity contribution in [1.82, 2.24) is 0 Å². The Morgan fingerprint density at radius 2 is 0.400 bits per heavy atom. The van der Waals surface area contributed by atoms with Crippen LogP contribution in [0.5, 0.6) is 0 Å². The molecular formula is C56H101O8P. The van der Waals surface area contributed by atoms with E-state index in [1.54, 1.807) is 27.7 Å². The van der Waals surface area contributed by atoms with E-state index in [-0.39, 0.29) is 23.9 Å². The molecule has 0 aliphatic heterocycles. The van der Waals surface area contributed by atoms with E-state index in [9.17, 15) is 19.2 Å². The van der Waals surface area contributed by atoms with E-state index in [0.29, 0.717) is 48.7 Å². The van der Waals surface area contributed by atoms with Crippen molar-refractivity contribution in [3.8, 4) is 0 Å². The summed E-state index contributed by atoms with van der Waals surface area (Å²) in [6.45, 7) is 23.4. The quantitative estimate of drug-likeness (QED) is 0.0195. The minimum Gasteiger partial charge on any atom is -0.247 e. The first kappa shape index (κ1) is 62.3. The molecule has 0 N–H and O–H groups in total. The van der Waals surface area contributed by atoms with Crippen LogP contribution in [-0.4, -0.2) is 75.0 Å². The van der Waals surface area contributed by atoms with E-state index in [4.69, 9.17) is 18.9 Å². The van der Waals surface area contributed by atoms with Crippen molar-refractivity contribution in [2.45, 2.75) is 233 Å². The van der Waals surface area contributed by atoms with Crippen LogP contribution < -0.4 is 0 Å². The predicted molar refractivity (Wildman–Crippen MR) is 279 cm³/mol. The first-order valence-corrected chi connectivity index (χ1v) is 29.4. The molecule has 9 heteroatoms. The van der Waals surface area contributed by atoms with Gasteiger partial charge in [0.15, 0.2) is 0 Å². The molecule has 0 spiro atoms. The molecule has 0 unspecified atom stereocenters. The van der Waals surface area contributed by atoms with Crippen molar-refractivity contribution in [2.75, 3.05) is 51.1 Å². The normalized spacial score (nSPS) is 11.5. The standard InChI is InChI=1S/C56H101O8P/c1-49(2)53(57)61-41-33-25-17-9-13-21-29-37-45-65(46-38-30-22-14-10-18-26-34-42-62-54(58)50(3)4,47-39-31-23-15-11-19-27-35-43-63-55(59)51(5)6)48-40-32-24-16-12-20-28-36-44-64-56(60)52(7)8/h65H,1,3,5,7,9-48H2,2,4,6,8H3. The van der Waals surface area contributed by atoms with Gasteiger partial charge in [-0.1, -0.05) is 26.3 Å². The third-order valence-electron chi connectivity index (χ3n) is 12.7. The van der Waals surface area contributed by atoms with Gasteiger partial charge in [0.1, 0.15) is 0 Å². The van der Waals surface area contributed by atoms with Gasteiger partial charge in [0.25, 0.3) is 0 Å². The molecule has 8 nitrogen and oxygen atoms in total. The number of carbonyl (C=O) groups excluding carboxylic acids is 4. The maximum absolute atomic E-state index is 11.6. The zero-order chi connectivity index (χ0) is 48.2. The molecule has 0 rings (SSSR count). The van der Waals surface area contributed by atoms with Gasteiger partial charge in [-0.2, -0.15) is 0 Å². The Kier molecular flexibility index (Phi) is 42.0. The number of carbonyl (C=O) groups is 4. The second-order valence-corrected chi connectivity index (χ2v) is 24.5. The first-order chi connectivity index (χ1) is 31.3. The molecule has 0 fully saturated rings. The summed E-state index contributed by atoms with van der Waals surface area (Å²) in [5, 5.41) is 0. The van der Waals surface area contributed by atoms with Crippen LogP contribution in [0.2, 0.25) is 0 Å². The van der Waals surface area contributed by atoms with E-state index < -0.39 is 7.26 Å². The van der Waals surface area contributed by atoms with Crippen LogP contribution in [0.4, 0.5) is 0 Å². The van der Waals surface area contributed by atoms with Gasteiger partial charge >= 0.3 is 307 Å². The molecule has 0 bridgehead atoms. The Balaban J connectivity index is 5.12. The van der Waals surface area contributed by atoms with Crippen LogP contribution in [0, 0.1) is 0 Å². The second-order valence-electron chi connectivity index (χ2n) is 19.5. The molecule has 0 aromatic carbocycles. The first-order valence-electron chi connectivity index (χ1n) is 26.6. The van der Waals surface area contributed by atoms with Crippen LogP contribution in [0.3, 0.4) is 0 Å². The van der Waals surface area contributed by atoms with Crippen molar-refractivity contribution >= 4 is 31.1 Å². The summed E-state index contributed by atoms with van der Waals surface area (Å²) in [6, 6.07) is 0. The summed E-state index contributed by atoms with van der Waals surface area (Å²) in [4.78, 5) is 46.5. The third kappa shape index (κ3) is 40.1. The molecule has 0 aliphatic carbocycles. The van der Waals surface area contributed by atoms with Crippen molar-refractivity contribution in [3.05, 3.63) is 48.6 Å². The van der Waals surface area contributed by atoms with Gasteiger partial charge in [0.2, 0.25) is 0 Å². The van der Waals surface area contributed by atoms with Gasteiger partial charge in [0, 0.05) is 22.3 Å². The molecule has 0 aromatic heterocycles. The monoisotopic (exact) mass is 933 g/mol. The Labute approximate surface area is 400 Å². The Hall–Kier alpha value is -2.73. The molecule has 0 saturated carbocycles. The van der Waals surface area contributed by atoms with Crippen molar-refractivity contribution in [3.63, 3.8) is 0 Å². The maximum atomic E-state index is 11.6. The fourth-order valence-electron chi connectivity index (χ4n) is 8.55. The van der Waals surface area contributed by atoms with E-state index in [2.05, 4.69) is 26.3 Å². The molecule has 0 saturated heterocycles. The van der Waals surface area contributed by atoms with E-state index in [1.807, 2.05) is 0 Å². The minimum atomic E-state index is -1.42. The number of ether oxygens (including phenoxy) is 4. The fraction of sp³-hybridized carbons (Fsp3) is 0.786. The minimum absolute atomic E-state index is 0.276. The molecule has 0 aliphatic rings. The molecule has 0 heterocycles. The Bertz CT molecular complexity index is 1110. The zero-order valence-electron chi connectivity index (χ0n) is 42.9. The van der Waals surface area contributed by atoms with Crippen LogP contribution in [0.1, 0.15) is 233 Å². The van der Waals surface area contributed by atoms with Crippen molar-refractivity contribution in [1.29, 1.82) is 0 Å². The summed E-state index contributed by atoms with van der Waals surface area (Å²) in [5.74, 6) is -1.11. The van der Waals surface area contributed by atoms with Gasteiger partial charge < -0.3 is 0 Å². The summed E-state index contributed by atoms with van der Waals surface area (Å²) in [5.41, 5.74) is 1.88. The zero-order valence-corrected chi connectivity index (χ0v) is 43.9. The predicted octanol–water partition coefficient (Wildman–Crippen LogP) is 15.7. The number of rotatable bonds is 48. The van der Waals surface area contributed by atoms with Crippen molar-refractivity contribution < 1.29 is 38.1 Å². The van der Waals surface area contributed by atoms with E-state index in [1.165, 1.54) is 179 Å². The molecule has 0 aromatic rings. The molecule has 65 heavy (non-hydrogen) atoms. The molecule has 378 valence electrons. The second kappa shape index (κ2) is 43.8. The van der Waals surface area contributed by atoms with Gasteiger partial charge in [-0.15, -0.1) is 0 Å². The van der Waals surface area contributed by atoms with E-state index in [0.717, 1.165) is 51.4 Å². The Morgan fingerprint density at radius 1 is 0.262 bits per heavy atom.